The lowest BCUT2D eigenvalue weighted by Crippen LogP contribution is -2.54. The zero-order valence-electron chi connectivity index (χ0n) is 16.9. The van der Waals surface area contributed by atoms with Crippen molar-refractivity contribution in [3.05, 3.63) is 59.7 Å². The quantitative estimate of drug-likeness (QED) is 0.725. The van der Waals surface area contributed by atoms with Crippen LogP contribution < -0.4 is 15.0 Å². The number of hydrogen-bond donors (Lipinski definition) is 2. The van der Waals surface area contributed by atoms with E-state index in [1.165, 1.54) is 4.90 Å². The van der Waals surface area contributed by atoms with Crippen molar-refractivity contribution in [1.29, 1.82) is 0 Å². The Morgan fingerprint density at radius 3 is 2.57 bits per heavy atom. The molecule has 0 atom stereocenters. The number of carbonyl (C=O) groups excluding carboxylic acids is 2. The first-order valence-corrected chi connectivity index (χ1v) is 9.56. The van der Waals surface area contributed by atoms with E-state index >= 15 is 0 Å². The molecule has 30 heavy (non-hydrogen) atoms. The zero-order chi connectivity index (χ0) is 21.7. The zero-order valence-corrected chi connectivity index (χ0v) is 16.9. The van der Waals surface area contributed by atoms with Gasteiger partial charge in [0.15, 0.2) is 5.60 Å². The fraction of sp³-hybridized carbons (Fsp3) is 0.318. The number of alkyl carbamates (subject to hydrolysis) is 1. The van der Waals surface area contributed by atoms with Crippen molar-refractivity contribution in [2.45, 2.75) is 32.5 Å². The van der Waals surface area contributed by atoms with Crippen LogP contribution in [0.25, 0.3) is 0 Å². The van der Waals surface area contributed by atoms with Gasteiger partial charge in [-0.3, -0.25) is 9.59 Å². The minimum Gasteiger partial charge on any atom is -0.481 e. The summed E-state index contributed by atoms with van der Waals surface area (Å²) in [4.78, 5) is 37.4. The standard InChI is InChI=1S/C22H24N2O6/c1-22(2)20(27)24(17-12-16(13-19(25)26)8-9-18(17)30-22)11-10-23-21(28)29-14-15-6-4-3-5-7-15/h3-9,12H,10-11,13-14H2,1-2H3,(H,23,28)(H,25,26). The molecule has 0 saturated carbocycles. The Balaban J connectivity index is 1.64. The Morgan fingerprint density at radius 2 is 1.87 bits per heavy atom. The lowest BCUT2D eigenvalue weighted by Gasteiger charge is -2.39. The molecule has 0 fully saturated rings. The van der Waals surface area contributed by atoms with Crippen LogP contribution in [0, 0.1) is 0 Å². The summed E-state index contributed by atoms with van der Waals surface area (Å²) in [6, 6.07) is 14.3. The molecule has 0 radical (unpaired) electrons. The number of carboxylic acids is 1. The molecular formula is C22H24N2O6. The van der Waals surface area contributed by atoms with Gasteiger partial charge in [-0.25, -0.2) is 4.79 Å². The second-order valence-corrected chi connectivity index (χ2v) is 7.43. The summed E-state index contributed by atoms with van der Waals surface area (Å²) in [5.41, 5.74) is 0.836. The topological polar surface area (TPSA) is 105 Å². The molecule has 1 aliphatic heterocycles. The summed E-state index contributed by atoms with van der Waals surface area (Å²) in [5.74, 6) is -0.755. The number of aliphatic carboxylic acids is 1. The van der Waals surface area contributed by atoms with E-state index in [-0.39, 0.29) is 32.0 Å². The Labute approximate surface area is 174 Å². The molecule has 1 aliphatic rings. The molecule has 2 aromatic rings. The van der Waals surface area contributed by atoms with E-state index in [2.05, 4.69) is 5.32 Å². The highest BCUT2D eigenvalue weighted by atomic mass is 16.5. The monoisotopic (exact) mass is 412 g/mol. The van der Waals surface area contributed by atoms with Gasteiger partial charge in [-0.1, -0.05) is 36.4 Å². The van der Waals surface area contributed by atoms with Gasteiger partial charge in [0.2, 0.25) is 0 Å². The number of carbonyl (C=O) groups is 3. The van der Waals surface area contributed by atoms with Gasteiger partial charge in [0.1, 0.15) is 12.4 Å². The van der Waals surface area contributed by atoms with Crippen LogP contribution in [0.15, 0.2) is 48.5 Å². The highest BCUT2D eigenvalue weighted by Gasteiger charge is 2.40. The van der Waals surface area contributed by atoms with Crippen LogP contribution in [0.1, 0.15) is 25.0 Å². The number of nitrogens with zero attached hydrogens (tertiary/aromatic N) is 1. The van der Waals surface area contributed by atoms with Crippen molar-refractivity contribution in [2.24, 2.45) is 0 Å². The van der Waals surface area contributed by atoms with Crippen LogP contribution in [0.2, 0.25) is 0 Å². The summed E-state index contributed by atoms with van der Waals surface area (Å²) in [6.07, 6.45) is -0.748. The van der Waals surface area contributed by atoms with Gasteiger partial charge in [-0.2, -0.15) is 0 Å². The molecule has 2 amide bonds. The summed E-state index contributed by atoms with van der Waals surface area (Å²) in [6.45, 7) is 3.83. The molecule has 0 saturated heterocycles. The minimum absolute atomic E-state index is 0.150. The fourth-order valence-corrected chi connectivity index (χ4v) is 3.16. The normalized spacial score (nSPS) is 14.5. The van der Waals surface area contributed by atoms with Gasteiger partial charge in [0.25, 0.3) is 5.91 Å². The molecule has 3 rings (SSSR count). The van der Waals surface area contributed by atoms with E-state index < -0.39 is 17.7 Å². The molecule has 0 spiro atoms. The van der Waals surface area contributed by atoms with Gasteiger partial charge in [0, 0.05) is 13.1 Å². The van der Waals surface area contributed by atoms with Crippen LogP contribution in [0.4, 0.5) is 10.5 Å². The number of anilines is 1. The van der Waals surface area contributed by atoms with Gasteiger partial charge in [0.05, 0.1) is 12.1 Å². The number of nitrogens with one attached hydrogen (secondary N) is 1. The summed E-state index contributed by atoms with van der Waals surface area (Å²) >= 11 is 0. The lowest BCUT2D eigenvalue weighted by molar-refractivity contribution is -0.136. The number of ether oxygens (including phenoxy) is 2. The van der Waals surface area contributed by atoms with Crippen LogP contribution in [-0.4, -0.2) is 41.8 Å². The third-order valence-corrected chi connectivity index (χ3v) is 4.61. The van der Waals surface area contributed by atoms with Crippen molar-refractivity contribution >= 4 is 23.7 Å². The van der Waals surface area contributed by atoms with Crippen molar-refractivity contribution in [3.8, 4) is 5.75 Å². The molecule has 8 heteroatoms. The summed E-state index contributed by atoms with van der Waals surface area (Å²) in [5, 5.41) is 11.7. The average Bonchev–Trinajstić information content (AvgIpc) is 2.70. The molecule has 158 valence electrons. The summed E-state index contributed by atoms with van der Waals surface area (Å²) in [7, 11) is 0. The third kappa shape index (κ3) is 5.08. The van der Waals surface area contributed by atoms with Crippen molar-refractivity contribution in [3.63, 3.8) is 0 Å². The Bertz CT molecular complexity index is 942. The minimum atomic E-state index is -1.07. The van der Waals surface area contributed by atoms with E-state index in [0.29, 0.717) is 17.0 Å². The van der Waals surface area contributed by atoms with Gasteiger partial charge in [-0.15, -0.1) is 0 Å². The molecule has 1 heterocycles. The highest BCUT2D eigenvalue weighted by molar-refractivity contribution is 6.02. The predicted molar refractivity (Wildman–Crippen MR) is 109 cm³/mol. The third-order valence-electron chi connectivity index (χ3n) is 4.61. The Morgan fingerprint density at radius 1 is 1.13 bits per heavy atom. The van der Waals surface area contributed by atoms with Crippen LogP contribution in [0.3, 0.4) is 0 Å². The maximum absolute atomic E-state index is 12.9. The number of carboxylic acid groups (broad SMARTS) is 1. The maximum Gasteiger partial charge on any atom is 0.407 e. The molecule has 0 unspecified atom stereocenters. The molecular weight excluding hydrogens is 388 g/mol. The first-order valence-electron chi connectivity index (χ1n) is 9.56. The SMILES string of the molecule is CC1(C)Oc2ccc(CC(=O)O)cc2N(CCNC(=O)OCc2ccccc2)C1=O. The molecule has 0 aliphatic carbocycles. The van der Waals surface area contributed by atoms with Crippen LogP contribution >= 0.6 is 0 Å². The molecule has 0 aromatic heterocycles. The largest absolute Gasteiger partial charge is 0.481 e. The average molecular weight is 412 g/mol. The van der Waals surface area contributed by atoms with E-state index in [1.807, 2.05) is 30.3 Å². The molecule has 2 aromatic carbocycles. The second kappa shape index (κ2) is 8.86. The number of fused-ring (bicyclic) bond motifs is 1. The van der Waals surface area contributed by atoms with Gasteiger partial charge < -0.3 is 24.8 Å². The first-order chi connectivity index (χ1) is 14.3. The fourth-order valence-electron chi connectivity index (χ4n) is 3.16. The predicted octanol–water partition coefficient (Wildman–Crippen LogP) is 2.74. The first kappa shape index (κ1) is 21.2. The van der Waals surface area contributed by atoms with Crippen LogP contribution in [0.5, 0.6) is 5.75 Å². The Hall–Kier alpha value is -3.55. The number of benzene rings is 2. The van der Waals surface area contributed by atoms with Gasteiger partial charge >= 0.3 is 12.1 Å². The van der Waals surface area contributed by atoms with E-state index in [1.54, 1.807) is 32.0 Å². The van der Waals surface area contributed by atoms with E-state index in [0.717, 1.165) is 5.56 Å². The van der Waals surface area contributed by atoms with Crippen molar-refractivity contribution in [2.75, 3.05) is 18.0 Å². The van der Waals surface area contributed by atoms with Crippen molar-refractivity contribution < 1.29 is 29.0 Å². The van der Waals surface area contributed by atoms with E-state index in [4.69, 9.17) is 14.6 Å². The number of amides is 2. The Kier molecular flexibility index (Phi) is 6.25. The molecule has 0 bridgehead atoms. The van der Waals surface area contributed by atoms with E-state index in [9.17, 15) is 14.4 Å². The number of rotatable bonds is 7. The van der Waals surface area contributed by atoms with Crippen molar-refractivity contribution in [1.82, 2.24) is 5.32 Å². The van der Waals surface area contributed by atoms with Gasteiger partial charge in [-0.05, 0) is 37.1 Å². The smallest absolute Gasteiger partial charge is 0.407 e. The lowest BCUT2D eigenvalue weighted by atomic mass is 10.0. The molecule has 8 nitrogen and oxygen atoms in total. The molecule has 2 N–H and O–H groups in total. The summed E-state index contributed by atoms with van der Waals surface area (Å²) < 4.78 is 11.0. The van der Waals surface area contributed by atoms with Crippen LogP contribution in [-0.2, 0) is 27.4 Å². The number of hydrogen-bond acceptors (Lipinski definition) is 5. The maximum atomic E-state index is 12.9. The second-order valence-electron chi connectivity index (χ2n) is 7.43. The highest BCUT2D eigenvalue weighted by Crippen LogP contribution is 2.38.